The van der Waals surface area contributed by atoms with Crippen LogP contribution in [0.2, 0.25) is 0 Å². The third-order valence-electron chi connectivity index (χ3n) is 5.31. The van der Waals surface area contributed by atoms with Gasteiger partial charge in [-0.25, -0.2) is 8.42 Å². The number of hydrogen-bond acceptors (Lipinski definition) is 7. The number of piperidine rings is 1. The lowest BCUT2D eigenvalue weighted by molar-refractivity contribution is 0.261. The van der Waals surface area contributed by atoms with Crippen LogP contribution in [0, 0.1) is 0 Å². The van der Waals surface area contributed by atoms with E-state index in [9.17, 15) is 13.5 Å². The van der Waals surface area contributed by atoms with Gasteiger partial charge in [-0.15, -0.1) is 10.2 Å². The quantitative estimate of drug-likeness (QED) is 0.680. The summed E-state index contributed by atoms with van der Waals surface area (Å²) in [5, 5.41) is 24.5. The van der Waals surface area contributed by atoms with Crippen LogP contribution >= 0.6 is 0 Å². The minimum atomic E-state index is -3.40. The maximum Gasteiger partial charge on any atom is 0.175 e. The molecule has 2 aromatic carbocycles. The molecule has 0 aliphatic carbocycles. The van der Waals surface area contributed by atoms with Gasteiger partial charge in [0.2, 0.25) is 0 Å². The number of benzene rings is 2. The molecule has 3 aromatic rings. The maximum absolute atomic E-state index is 11.8. The molecule has 152 valence electrons. The van der Waals surface area contributed by atoms with E-state index in [1.807, 2.05) is 24.3 Å². The smallest absolute Gasteiger partial charge is 0.175 e. The zero-order valence-electron chi connectivity index (χ0n) is 16.5. The molecule has 4 rings (SSSR count). The fourth-order valence-electron chi connectivity index (χ4n) is 3.83. The lowest BCUT2D eigenvalue weighted by Gasteiger charge is -2.30. The highest BCUT2D eigenvalue weighted by atomic mass is 32.2. The van der Waals surface area contributed by atoms with Crippen molar-refractivity contribution >= 4 is 26.4 Å². The van der Waals surface area contributed by atoms with Crippen LogP contribution in [0.25, 0.3) is 22.0 Å². The molecule has 8 heteroatoms. The van der Waals surface area contributed by atoms with Crippen LogP contribution in [-0.2, 0) is 9.84 Å². The normalized spacial score (nSPS) is 18.1. The van der Waals surface area contributed by atoms with Gasteiger partial charge in [0.15, 0.2) is 15.7 Å². The van der Waals surface area contributed by atoms with Gasteiger partial charge in [0.05, 0.1) is 4.90 Å². The van der Waals surface area contributed by atoms with Crippen LogP contribution in [0.3, 0.4) is 0 Å². The number of phenolic OH excluding ortho intramolecular Hbond substituents is 1. The van der Waals surface area contributed by atoms with Gasteiger partial charge in [-0.3, -0.25) is 0 Å². The molecule has 2 heterocycles. The minimum absolute atomic E-state index is 0.0655. The zero-order valence-corrected chi connectivity index (χ0v) is 17.3. The van der Waals surface area contributed by atoms with Gasteiger partial charge in [-0.1, -0.05) is 24.3 Å². The van der Waals surface area contributed by atoms with Gasteiger partial charge in [0, 0.05) is 35.2 Å². The zero-order chi connectivity index (χ0) is 20.6. The predicted molar refractivity (Wildman–Crippen MR) is 114 cm³/mol. The average Bonchev–Trinajstić information content (AvgIpc) is 2.68. The second-order valence-corrected chi connectivity index (χ2v) is 9.66. The Kier molecular flexibility index (Phi) is 5.14. The molecular weight excluding hydrogens is 388 g/mol. The summed E-state index contributed by atoms with van der Waals surface area (Å²) in [6, 6.07) is 12.4. The number of hydrogen-bond donors (Lipinski definition) is 2. The largest absolute Gasteiger partial charge is 0.507 e. The monoisotopic (exact) mass is 412 g/mol. The second-order valence-electron chi connectivity index (χ2n) is 7.64. The molecule has 0 bridgehead atoms. The molecule has 29 heavy (non-hydrogen) atoms. The van der Waals surface area contributed by atoms with Crippen molar-refractivity contribution in [2.24, 2.45) is 0 Å². The summed E-state index contributed by atoms with van der Waals surface area (Å²) >= 11 is 0. The fourth-order valence-corrected chi connectivity index (χ4v) is 4.47. The van der Waals surface area contributed by atoms with E-state index >= 15 is 0 Å². The Morgan fingerprint density at radius 1 is 1.14 bits per heavy atom. The highest BCUT2D eigenvalue weighted by Crippen LogP contribution is 2.36. The molecular formula is C21H24N4O3S. The molecule has 7 nitrogen and oxygen atoms in total. The maximum atomic E-state index is 11.8. The van der Waals surface area contributed by atoms with E-state index in [0.29, 0.717) is 17.3 Å². The molecule has 1 unspecified atom stereocenters. The molecule has 1 atom stereocenters. The number of phenols is 1. The van der Waals surface area contributed by atoms with Crippen LogP contribution in [0.1, 0.15) is 12.8 Å². The Bertz CT molecular complexity index is 1160. The number of aromatic nitrogens is 2. The summed E-state index contributed by atoms with van der Waals surface area (Å²) in [6.07, 6.45) is 3.33. The van der Waals surface area contributed by atoms with Gasteiger partial charge >= 0.3 is 0 Å². The predicted octanol–water partition coefficient (Wildman–Crippen LogP) is 2.91. The third-order valence-corrected chi connectivity index (χ3v) is 6.42. The van der Waals surface area contributed by atoms with Crippen LogP contribution in [0.5, 0.6) is 5.75 Å². The Balaban J connectivity index is 1.76. The van der Waals surface area contributed by atoms with Crippen molar-refractivity contribution in [2.75, 3.05) is 31.7 Å². The van der Waals surface area contributed by atoms with Crippen LogP contribution in [0.15, 0.2) is 47.4 Å². The van der Waals surface area contributed by atoms with E-state index in [-0.39, 0.29) is 10.6 Å². The van der Waals surface area contributed by atoms with E-state index < -0.39 is 9.84 Å². The van der Waals surface area contributed by atoms with Crippen LogP contribution in [-0.4, -0.2) is 61.1 Å². The third kappa shape index (κ3) is 4.04. The molecule has 0 radical (unpaired) electrons. The van der Waals surface area contributed by atoms with Crippen molar-refractivity contribution in [1.82, 2.24) is 15.1 Å². The van der Waals surface area contributed by atoms with Crippen LogP contribution < -0.4 is 5.32 Å². The van der Waals surface area contributed by atoms with Crippen molar-refractivity contribution in [2.45, 2.75) is 23.8 Å². The lowest BCUT2D eigenvalue weighted by atomic mass is 10.0. The Labute approximate surface area is 170 Å². The average molecular weight is 413 g/mol. The van der Waals surface area contributed by atoms with Gasteiger partial charge in [-0.2, -0.15) is 0 Å². The molecule has 0 amide bonds. The van der Waals surface area contributed by atoms with E-state index in [0.717, 1.165) is 48.8 Å². The van der Waals surface area contributed by atoms with E-state index in [2.05, 4.69) is 27.5 Å². The summed E-state index contributed by atoms with van der Waals surface area (Å²) in [5.74, 6) is 0.582. The summed E-state index contributed by atoms with van der Waals surface area (Å²) in [5.41, 5.74) is 0.967. The Morgan fingerprint density at radius 2 is 1.90 bits per heavy atom. The summed E-state index contributed by atoms with van der Waals surface area (Å²) < 4.78 is 23.5. The molecule has 1 aliphatic heterocycles. The van der Waals surface area contributed by atoms with Gasteiger partial charge in [-0.05, 0) is 44.6 Å². The molecule has 0 spiro atoms. The summed E-state index contributed by atoms with van der Waals surface area (Å²) in [7, 11) is -1.29. The number of rotatable bonds is 4. The van der Waals surface area contributed by atoms with Gasteiger partial charge < -0.3 is 15.3 Å². The van der Waals surface area contributed by atoms with Crippen molar-refractivity contribution in [3.05, 3.63) is 42.5 Å². The molecule has 0 saturated carbocycles. The highest BCUT2D eigenvalue weighted by Gasteiger charge is 2.20. The molecule has 1 fully saturated rings. The molecule has 2 N–H and O–H groups in total. The molecule has 1 saturated heterocycles. The summed E-state index contributed by atoms with van der Waals surface area (Å²) in [4.78, 5) is 2.36. The first-order chi connectivity index (χ1) is 13.8. The van der Waals surface area contributed by atoms with Crippen molar-refractivity contribution in [3.63, 3.8) is 0 Å². The van der Waals surface area contributed by atoms with Crippen molar-refractivity contribution in [3.8, 4) is 17.0 Å². The van der Waals surface area contributed by atoms with Gasteiger partial charge in [0.25, 0.3) is 0 Å². The first-order valence-electron chi connectivity index (χ1n) is 9.57. The number of sulfone groups is 1. The van der Waals surface area contributed by atoms with E-state index in [1.165, 1.54) is 12.1 Å². The topological polar surface area (TPSA) is 95.4 Å². The fraction of sp³-hybridized carbons (Fsp3) is 0.333. The second kappa shape index (κ2) is 7.61. The number of nitrogens with zero attached hydrogens (tertiary/aromatic N) is 3. The summed E-state index contributed by atoms with van der Waals surface area (Å²) in [6.45, 7) is 2.05. The first-order valence-corrected chi connectivity index (χ1v) is 11.5. The van der Waals surface area contributed by atoms with Crippen molar-refractivity contribution < 1.29 is 13.5 Å². The number of nitrogens with one attached hydrogen (secondary N) is 1. The number of likely N-dealkylation sites (N-methyl/N-ethyl adjacent to an activating group) is 1. The highest BCUT2D eigenvalue weighted by molar-refractivity contribution is 7.90. The van der Waals surface area contributed by atoms with Crippen LogP contribution in [0.4, 0.5) is 5.82 Å². The van der Waals surface area contributed by atoms with Gasteiger partial charge in [0.1, 0.15) is 11.4 Å². The number of likely N-dealkylation sites (tertiary alicyclic amines) is 1. The minimum Gasteiger partial charge on any atom is -0.507 e. The van der Waals surface area contributed by atoms with Crippen molar-refractivity contribution in [1.29, 1.82) is 0 Å². The Hall–Kier alpha value is -2.71. The Morgan fingerprint density at radius 3 is 2.59 bits per heavy atom. The molecule has 1 aliphatic rings. The lowest BCUT2D eigenvalue weighted by Crippen LogP contribution is -2.40. The first kappa shape index (κ1) is 19.6. The SMILES string of the molecule is CN1CCCC(Nc2nnc(-c3ccc(S(C)(=O)=O)cc3O)c3ccccc23)C1. The standard InChI is InChI=1S/C21H24N4O3S/c1-25-11-5-6-14(13-25)22-21-17-8-4-3-7-16(17)20(23-24-21)18-10-9-15(12-19(18)26)29(2,27)28/h3-4,7-10,12,14,26H,5-6,11,13H2,1-2H3,(H,22,24). The van der Waals surface area contributed by atoms with E-state index in [4.69, 9.17) is 0 Å². The number of fused-ring (bicyclic) bond motifs is 1. The van der Waals surface area contributed by atoms with E-state index in [1.54, 1.807) is 6.07 Å². The number of anilines is 1. The number of aromatic hydroxyl groups is 1. The molecule has 1 aromatic heterocycles.